The van der Waals surface area contributed by atoms with Crippen molar-refractivity contribution in [2.45, 2.75) is 39.0 Å². The molecule has 0 bridgehead atoms. The number of benzene rings is 2. The Morgan fingerprint density at radius 2 is 1.62 bits per heavy atom. The van der Waals surface area contributed by atoms with Crippen LogP contribution >= 0.6 is 11.6 Å². The minimum Gasteiger partial charge on any atom is -0.317 e. The predicted molar refractivity (Wildman–Crippen MR) is 102 cm³/mol. The maximum atomic E-state index is 6.11. The number of fused-ring (bicyclic) bond motifs is 1. The molecule has 1 heterocycles. The van der Waals surface area contributed by atoms with E-state index in [9.17, 15) is 0 Å². The summed E-state index contributed by atoms with van der Waals surface area (Å²) >= 11 is 6.11. The molecule has 0 amide bonds. The first-order valence-corrected chi connectivity index (χ1v) is 9.24. The van der Waals surface area contributed by atoms with E-state index in [0.29, 0.717) is 0 Å². The van der Waals surface area contributed by atoms with Gasteiger partial charge in [0.25, 0.3) is 0 Å². The average Bonchev–Trinajstić information content (AvgIpc) is 2.97. The third-order valence-corrected chi connectivity index (χ3v) is 5.30. The number of hydrogen-bond acceptors (Lipinski definition) is 0. The van der Waals surface area contributed by atoms with Crippen LogP contribution in [0.25, 0.3) is 16.8 Å². The molecule has 4 rings (SSSR count). The molecular formula is C22H22ClN. The van der Waals surface area contributed by atoms with Crippen LogP contribution in [0.4, 0.5) is 0 Å². The molecule has 122 valence electrons. The first kappa shape index (κ1) is 15.5. The maximum Gasteiger partial charge on any atom is 0.0455 e. The van der Waals surface area contributed by atoms with Crippen LogP contribution in [0.5, 0.6) is 0 Å². The second-order valence-electron chi connectivity index (χ2n) is 6.49. The summed E-state index contributed by atoms with van der Waals surface area (Å²) in [6.07, 6.45) is 5.95. The molecule has 1 aromatic heterocycles. The van der Waals surface area contributed by atoms with Gasteiger partial charge in [-0.15, -0.1) is 0 Å². The summed E-state index contributed by atoms with van der Waals surface area (Å²) in [5, 5.41) is 0.799. The van der Waals surface area contributed by atoms with Gasteiger partial charge in [-0.25, -0.2) is 0 Å². The Kier molecular flexibility index (Phi) is 4.20. The van der Waals surface area contributed by atoms with E-state index in [1.165, 1.54) is 53.9 Å². The number of para-hydroxylation sites is 1. The highest BCUT2D eigenvalue weighted by Crippen LogP contribution is 2.39. The molecule has 0 aliphatic heterocycles. The van der Waals surface area contributed by atoms with Crippen molar-refractivity contribution in [2.24, 2.45) is 0 Å². The van der Waals surface area contributed by atoms with Crippen molar-refractivity contribution in [3.63, 3.8) is 0 Å². The van der Waals surface area contributed by atoms with E-state index >= 15 is 0 Å². The Morgan fingerprint density at radius 3 is 2.33 bits per heavy atom. The highest BCUT2D eigenvalue weighted by Gasteiger charge is 2.25. The zero-order valence-electron chi connectivity index (χ0n) is 14.1. The summed E-state index contributed by atoms with van der Waals surface area (Å²) in [6, 6.07) is 19.1. The molecule has 24 heavy (non-hydrogen) atoms. The highest BCUT2D eigenvalue weighted by atomic mass is 35.5. The van der Waals surface area contributed by atoms with Gasteiger partial charge in [0.15, 0.2) is 0 Å². The van der Waals surface area contributed by atoms with Gasteiger partial charge in [-0.05, 0) is 67.5 Å². The van der Waals surface area contributed by atoms with Crippen LogP contribution in [-0.2, 0) is 19.3 Å². The molecular weight excluding hydrogens is 314 g/mol. The lowest BCUT2D eigenvalue weighted by Crippen LogP contribution is -2.08. The molecule has 0 radical (unpaired) electrons. The molecule has 0 N–H and O–H groups in total. The third-order valence-electron chi connectivity index (χ3n) is 5.05. The van der Waals surface area contributed by atoms with Gasteiger partial charge in [0.05, 0.1) is 0 Å². The first-order valence-electron chi connectivity index (χ1n) is 8.86. The molecule has 1 aliphatic rings. The third kappa shape index (κ3) is 2.57. The summed E-state index contributed by atoms with van der Waals surface area (Å²) < 4.78 is 2.51. The fourth-order valence-electron chi connectivity index (χ4n) is 4.04. The second kappa shape index (κ2) is 6.49. The molecule has 0 saturated carbocycles. The lowest BCUT2D eigenvalue weighted by atomic mass is 9.91. The smallest absolute Gasteiger partial charge is 0.0455 e. The van der Waals surface area contributed by atoms with Gasteiger partial charge in [0.2, 0.25) is 0 Å². The molecule has 0 saturated heterocycles. The average molecular weight is 336 g/mol. The summed E-state index contributed by atoms with van der Waals surface area (Å²) in [5.41, 5.74) is 8.50. The Labute approximate surface area is 148 Å². The lowest BCUT2D eigenvalue weighted by molar-refractivity contribution is 0.660. The van der Waals surface area contributed by atoms with E-state index in [1.807, 2.05) is 12.1 Å². The first-order chi connectivity index (χ1) is 11.8. The summed E-state index contributed by atoms with van der Waals surface area (Å²) in [6.45, 7) is 2.26. The van der Waals surface area contributed by atoms with Crippen molar-refractivity contribution in [3.05, 3.63) is 76.6 Å². The lowest BCUT2D eigenvalue weighted by Gasteiger charge is -2.17. The number of aromatic nitrogens is 1. The quantitative estimate of drug-likeness (QED) is 0.534. The zero-order chi connectivity index (χ0) is 16.5. The number of halogens is 1. The van der Waals surface area contributed by atoms with Gasteiger partial charge in [-0.3, -0.25) is 0 Å². The van der Waals surface area contributed by atoms with Crippen LogP contribution in [-0.4, -0.2) is 4.57 Å². The van der Waals surface area contributed by atoms with Crippen molar-refractivity contribution < 1.29 is 0 Å². The highest BCUT2D eigenvalue weighted by molar-refractivity contribution is 6.30. The molecule has 0 spiro atoms. The van der Waals surface area contributed by atoms with Crippen LogP contribution in [0, 0.1) is 0 Å². The van der Waals surface area contributed by atoms with Gasteiger partial charge in [-0.2, -0.15) is 0 Å². The number of rotatable bonds is 3. The second-order valence-corrected chi connectivity index (χ2v) is 6.92. The van der Waals surface area contributed by atoms with E-state index < -0.39 is 0 Å². The van der Waals surface area contributed by atoms with E-state index in [2.05, 4.69) is 54.0 Å². The van der Waals surface area contributed by atoms with Crippen molar-refractivity contribution in [2.75, 3.05) is 0 Å². The minimum absolute atomic E-state index is 0.799. The van der Waals surface area contributed by atoms with Crippen molar-refractivity contribution >= 4 is 11.6 Å². The van der Waals surface area contributed by atoms with E-state index in [4.69, 9.17) is 11.6 Å². The molecule has 0 atom stereocenters. The minimum atomic E-state index is 0.799. The Balaban J connectivity index is 2.00. The van der Waals surface area contributed by atoms with Crippen LogP contribution in [0.1, 0.15) is 36.7 Å². The van der Waals surface area contributed by atoms with Gasteiger partial charge < -0.3 is 4.57 Å². The SMILES string of the molecule is CCc1c(-c2ccc(Cl)cc2)c2c(n1-c1ccccc1)CCCC2. The zero-order valence-corrected chi connectivity index (χ0v) is 14.8. The van der Waals surface area contributed by atoms with E-state index in [-0.39, 0.29) is 0 Å². The van der Waals surface area contributed by atoms with Gasteiger partial charge >= 0.3 is 0 Å². The molecule has 2 heteroatoms. The largest absolute Gasteiger partial charge is 0.317 e. The Bertz CT molecular complexity index is 844. The van der Waals surface area contributed by atoms with E-state index in [0.717, 1.165) is 11.4 Å². The molecule has 0 unspecified atom stereocenters. The van der Waals surface area contributed by atoms with Crippen molar-refractivity contribution in [1.29, 1.82) is 0 Å². The topological polar surface area (TPSA) is 4.93 Å². The summed E-state index contributed by atoms with van der Waals surface area (Å²) in [4.78, 5) is 0. The van der Waals surface area contributed by atoms with E-state index in [1.54, 1.807) is 5.56 Å². The van der Waals surface area contributed by atoms with Gasteiger partial charge in [0, 0.05) is 27.7 Å². The number of nitrogens with zero attached hydrogens (tertiary/aromatic N) is 1. The fraction of sp³-hybridized carbons (Fsp3) is 0.273. The van der Waals surface area contributed by atoms with Gasteiger partial charge in [-0.1, -0.05) is 48.9 Å². The monoisotopic (exact) mass is 335 g/mol. The van der Waals surface area contributed by atoms with Gasteiger partial charge in [0.1, 0.15) is 0 Å². The van der Waals surface area contributed by atoms with Crippen molar-refractivity contribution in [3.8, 4) is 16.8 Å². The predicted octanol–water partition coefficient (Wildman–Crippen LogP) is 6.24. The fourth-order valence-corrected chi connectivity index (χ4v) is 4.16. The van der Waals surface area contributed by atoms with Crippen LogP contribution in [0.15, 0.2) is 54.6 Å². The van der Waals surface area contributed by atoms with Crippen LogP contribution in [0.3, 0.4) is 0 Å². The normalized spacial score (nSPS) is 13.8. The maximum absolute atomic E-state index is 6.11. The number of hydrogen-bond donors (Lipinski definition) is 0. The molecule has 2 aromatic carbocycles. The standard InChI is InChI=1S/C22H22ClN/c1-2-20-22(16-12-14-17(23)15-13-16)19-10-6-7-11-21(19)24(20)18-8-4-3-5-9-18/h3-5,8-9,12-15H,2,6-7,10-11H2,1H3. The summed E-state index contributed by atoms with van der Waals surface area (Å²) in [5.74, 6) is 0. The molecule has 3 aromatic rings. The molecule has 1 nitrogen and oxygen atoms in total. The van der Waals surface area contributed by atoms with Crippen LogP contribution in [0.2, 0.25) is 5.02 Å². The van der Waals surface area contributed by atoms with Crippen LogP contribution < -0.4 is 0 Å². The molecule has 0 fully saturated rings. The Hall–Kier alpha value is -1.99. The summed E-state index contributed by atoms with van der Waals surface area (Å²) in [7, 11) is 0. The van der Waals surface area contributed by atoms with Crippen molar-refractivity contribution in [1.82, 2.24) is 4.57 Å². The molecule has 1 aliphatic carbocycles. The Morgan fingerprint density at radius 1 is 0.917 bits per heavy atom.